The molecule has 1 aromatic rings. The van der Waals surface area contributed by atoms with E-state index in [-0.39, 0.29) is 32.7 Å². The summed E-state index contributed by atoms with van der Waals surface area (Å²) in [5.41, 5.74) is 0.402. The Morgan fingerprint density at radius 1 is 1.20 bits per heavy atom. The van der Waals surface area contributed by atoms with Gasteiger partial charge in [-0.3, -0.25) is 14.4 Å². The Morgan fingerprint density at radius 2 is 1.80 bits per heavy atom. The summed E-state index contributed by atoms with van der Waals surface area (Å²) in [5, 5.41) is 11.2. The molecule has 1 aliphatic heterocycles. The summed E-state index contributed by atoms with van der Waals surface area (Å²) in [4.78, 5) is 36.9. The fraction of sp³-hybridized carbons (Fsp3) is 0.421. The minimum absolute atomic E-state index is 0.0339. The van der Waals surface area contributed by atoms with Crippen molar-refractivity contribution in [3.8, 4) is 0 Å². The van der Waals surface area contributed by atoms with E-state index < -0.39 is 21.8 Å². The van der Waals surface area contributed by atoms with Gasteiger partial charge in [-0.05, 0) is 37.5 Å². The molecule has 11 heteroatoms. The summed E-state index contributed by atoms with van der Waals surface area (Å²) in [7, 11) is -3.53. The van der Waals surface area contributed by atoms with Gasteiger partial charge in [-0.1, -0.05) is 29.3 Å². The number of carboxylic acids is 1. The molecule has 1 fully saturated rings. The molecule has 1 aromatic carbocycles. The number of likely N-dealkylation sites (tertiary alicyclic amines) is 1. The summed E-state index contributed by atoms with van der Waals surface area (Å²) in [6.07, 6.45) is 4.64. The maximum atomic E-state index is 12.4. The van der Waals surface area contributed by atoms with E-state index in [0.29, 0.717) is 31.5 Å². The van der Waals surface area contributed by atoms with Crippen molar-refractivity contribution in [2.45, 2.75) is 30.7 Å². The molecule has 0 aliphatic carbocycles. The van der Waals surface area contributed by atoms with Crippen molar-refractivity contribution in [2.75, 3.05) is 19.3 Å². The molecule has 164 valence electrons. The number of halogens is 2. The van der Waals surface area contributed by atoms with Crippen molar-refractivity contribution < 1.29 is 27.9 Å². The Morgan fingerprint density at radius 3 is 2.33 bits per heavy atom. The van der Waals surface area contributed by atoms with Crippen LogP contribution >= 0.6 is 23.2 Å². The first-order chi connectivity index (χ1) is 13.9. The highest BCUT2D eigenvalue weighted by Crippen LogP contribution is 2.33. The Balaban J connectivity index is 1.98. The van der Waals surface area contributed by atoms with E-state index in [0.717, 1.165) is 6.26 Å². The van der Waals surface area contributed by atoms with Gasteiger partial charge in [-0.15, -0.1) is 0 Å². The highest BCUT2D eigenvalue weighted by Gasteiger charge is 2.28. The van der Waals surface area contributed by atoms with Gasteiger partial charge in [0.05, 0.1) is 14.9 Å². The SMILES string of the molecule is CC(NC(=O)C1CCN(C(=O)/C=C/c2ccc(S(C)(=O)=O)c(Cl)c2Cl)CC1)C(=O)O. The standard InChI is InChI=1S/C19H22Cl2N2O6S/c1-11(19(26)27)22-18(25)13-7-9-23(10-8-13)15(24)6-4-12-3-5-14(30(2,28)29)17(21)16(12)20/h3-6,11,13H,7-10H2,1-2H3,(H,22,25)(H,26,27)/b6-4+. The lowest BCUT2D eigenvalue weighted by Crippen LogP contribution is -2.46. The van der Waals surface area contributed by atoms with Crippen molar-refractivity contribution in [2.24, 2.45) is 5.92 Å². The maximum absolute atomic E-state index is 12.4. The van der Waals surface area contributed by atoms with Gasteiger partial charge in [0.1, 0.15) is 6.04 Å². The summed E-state index contributed by atoms with van der Waals surface area (Å²) in [6, 6.07) is 1.83. The van der Waals surface area contributed by atoms with Crippen molar-refractivity contribution in [3.05, 3.63) is 33.8 Å². The van der Waals surface area contributed by atoms with Gasteiger partial charge in [0.2, 0.25) is 11.8 Å². The molecule has 0 saturated carbocycles. The second-order valence-corrected chi connectivity index (χ2v) is 9.79. The van der Waals surface area contributed by atoms with Gasteiger partial charge >= 0.3 is 5.97 Å². The predicted molar refractivity (Wildman–Crippen MR) is 113 cm³/mol. The normalized spacial score (nSPS) is 16.5. The number of amides is 2. The third-order valence-electron chi connectivity index (χ3n) is 4.79. The van der Waals surface area contributed by atoms with Gasteiger partial charge in [-0.2, -0.15) is 0 Å². The number of benzene rings is 1. The van der Waals surface area contributed by atoms with Gasteiger partial charge in [0.25, 0.3) is 0 Å². The van der Waals surface area contributed by atoms with Crippen LogP contribution < -0.4 is 5.32 Å². The van der Waals surface area contributed by atoms with Crippen LogP contribution in [0.25, 0.3) is 6.08 Å². The molecule has 2 N–H and O–H groups in total. The Labute approximate surface area is 184 Å². The third kappa shape index (κ3) is 5.96. The zero-order chi connectivity index (χ0) is 22.6. The molecule has 1 unspecified atom stereocenters. The van der Waals surface area contributed by atoms with E-state index in [1.165, 1.54) is 31.2 Å². The lowest BCUT2D eigenvalue weighted by Gasteiger charge is -2.31. The van der Waals surface area contributed by atoms with Gasteiger partial charge in [-0.25, -0.2) is 8.42 Å². The average molecular weight is 477 g/mol. The van der Waals surface area contributed by atoms with E-state index in [9.17, 15) is 22.8 Å². The smallest absolute Gasteiger partial charge is 0.325 e. The summed E-state index contributed by atoms with van der Waals surface area (Å²) in [6.45, 7) is 2.10. The van der Waals surface area contributed by atoms with E-state index in [4.69, 9.17) is 28.3 Å². The zero-order valence-electron chi connectivity index (χ0n) is 16.4. The Bertz CT molecular complexity index is 985. The molecular weight excluding hydrogens is 455 g/mol. The number of sulfone groups is 1. The molecule has 1 atom stereocenters. The molecule has 1 heterocycles. The number of hydrogen-bond donors (Lipinski definition) is 2. The fourth-order valence-corrected chi connectivity index (χ4v) is 4.60. The van der Waals surface area contributed by atoms with E-state index in [2.05, 4.69) is 5.32 Å². The summed E-state index contributed by atoms with van der Waals surface area (Å²) in [5.74, 6) is -2.08. The maximum Gasteiger partial charge on any atom is 0.325 e. The predicted octanol–water partition coefficient (Wildman–Crippen LogP) is 2.24. The monoisotopic (exact) mass is 476 g/mol. The first-order valence-electron chi connectivity index (χ1n) is 9.10. The second kappa shape index (κ2) is 9.80. The molecule has 0 bridgehead atoms. The van der Waals surface area contributed by atoms with Crippen molar-refractivity contribution in [3.63, 3.8) is 0 Å². The van der Waals surface area contributed by atoms with Crippen molar-refractivity contribution >= 4 is 56.9 Å². The largest absolute Gasteiger partial charge is 0.480 e. The molecule has 2 rings (SSSR count). The van der Waals surface area contributed by atoms with E-state index in [1.54, 1.807) is 4.90 Å². The second-order valence-electron chi connectivity index (χ2n) is 7.05. The molecule has 0 aromatic heterocycles. The Hall–Kier alpha value is -2.10. The average Bonchev–Trinajstić information content (AvgIpc) is 2.67. The van der Waals surface area contributed by atoms with Crippen LogP contribution in [0.4, 0.5) is 0 Å². The van der Waals surface area contributed by atoms with Crippen LogP contribution in [0.2, 0.25) is 10.0 Å². The van der Waals surface area contributed by atoms with Gasteiger partial charge < -0.3 is 15.3 Å². The minimum Gasteiger partial charge on any atom is -0.480 e. The zero-order valence-corrected chi connectivity index (χ0v) is 18.7. The molecule has 0 radical (unpaired) electrons. The number of piperidine rings is 1. The number of nitrogens with zero attached hydrogens (tertiary/aromatic N) is 1. The van der Waals surface area contributed by atoms with Crippen LogP contribution in [0, 0.1) is 5.92 Å². The van der Waals surface area contributed by atoms with Crippen molar-refractivity contribution in [1.82, 2.24) is 10.2 Å². The van der Waals surface area contributed by atoms with Crippen LogP contribution in [0.15, 0.2) is 23.1 Å². The number of hydrogen-bond acceptors (Lipinski definition) is 5. The first-order valence-corrected chi connectivity index (χ1v) is 11.7. The third-order valence-corrected chi connectivity index (χ3v) is 6.94. The number of rotatable bonds is 6. The van der Waals surface area contributed by atoms with Crippen LogP contribution in [0.3, 0.4) is 0 Å². The Kier molecular flexibility index (Phi) is 7.90. The van der Waals surface area contributed by atoms with Gasteiger partial charge in [0, 0.05) is 31.3 Å². The summed E-state index contributed by atoms with van der Waals surface area (Å²) >= 11 is 12.2. The first kappa shape index (κ1) is 24.2. The summed E-state index contributed by atoms with van der Waals surface area (Å²) < 4.78 is 23.4. The lowest BCUT2D eigenvalue weighted by atomic mass is 9.95. The number of carbonyl (C=O) groups is 3. The fourth-order valence-electron chi connectivity index (χ4n) is 2.98. The van der Waals surface area contributed by atoms with Gasteiger partial charge in [0.15, 0.2) is 9.84 Å². The van der Waals surface area contributed by atoms with Crippen LogP contribution in [-0.2, 0) is 24.2 Å². The molecule has 8 nitrogen and oxygen atoms in total. The molecule has 1 saturated heterocycles. The van der Waals surface area contributed by atoms with Crippen LogP contribution in [0.5, 0.6) is 0 Å². The minimum atomic E-state index is -3.53. The molecule has 30 heavy (non-hydrogen) atoms. The van der Waals surface area contributed by atoms with Crippen LogP contribution in [0.1, 0.15) is 25.3 Å². The lowest BCUT2D eigenvalue weighted by molar-refractivity contribution is -0.142. The molecule has 2 amide bonds. The van der Waals surface area contributed by atoms with E-state index >= 15 is 0 Å². The number of carboxylic acid groups (broad SMARTS) is 1. The molecular formula is C19H22Cl2N2O6S. The van der Waals surface area contributed by atoms with E-state index in [1.807, 2.05) is 0 Å². The highest BCUT2D eigenvalue weighted by molar-refractivity contribution is 7.90. The van der Waals surface area contributed by atoms with Crippen LogP contribution in [-0.4, -0.2) is 61.6 Å². The number of aliphatic carboxylic acids is 1. The quantitative estimate of drug-likeness (QED) is 0.607. The number of nitrogens with one attached hydrogen (secondary N) is 1. The molecule has 0 spiro atoms. The molecule has 1 aliphatic rings. The van der Waals surface area contributed by atoms with Crippen molar-refractivity contribution in [1.29, 1.82) is 0 Å². The topological polar surface area (TPSA) is 121 Å². The highest BCUT2D eigenvalue weighted by atomic mass is 35.5. The number of carbonyl (C=O) groups excluding carboxylic acids is 2.